The minimum atomic E-state index is -0.0185. The molecular weight excluding hydrogens is 228 g/mol. The van der Waals surface area contributed by atoms with Crippen LogP contribution in [0.3, 0.4) is 0 Å². The Morgan fingerprint density at radius 2 is 2.39 bits per heavy atom. The number of fused-ring (bicyclic) bond motifs is 2. The van der Waals surface area contributed by atoms with Crippen LogP contribution in [0.25, 0.3) is 0 Å². The molecule has 0 spiro atoms. The van der Waals surface area contributed by atoms with Gasteiger partial charge in [-0.2, -0.15) is 0 Å². The maximum atomic E-state index is 12.3. The van der Waals surface area contributed by atoms with Crippen molar-refractivity contribution in [2.75, 3.05) is 24.5 Å². The van der Waals surface area contributed by atoms with Crippen LogP contribution in [0.15, 0.2) is 23.3 Å². The van der Waals surface area contributed by atoms with Crippen molar-refractivity contribution >= 4 is 17.7 Å². The second kappa shape index (κ2) is 4.15. The SMILES string of the molecule is CC#CCN1C2=NCCN2C(=O)c2cccnc21. The predicted octanol–water partition coefficient (Wildman–Crippen LogP) is 0.737. The van der Waals surface area contributed by atoms with Crippen molar-refractivity contribution in [2.24, 2.45) is 4.99 Å². The lowest BCUT2D eigenvalue weighted by atomic mass is 10.1. The van der Waals surface area contributed by atoms with E-state index in [0.29, 0.717) is 37.0 Å². The Morgan fingerprint density at radius 1 is 1.50 bits per heavy atom. The van der Waals surface area contributed by atoms with E-state index in [2.05, 4.69) is 21.8 Å². The summed E-state index contributed by atoms with van der Waals surface area (Å²) in [5.74, 6) is 7.17. The molecule has 1 aromatic rings. The highest BCUT2D eigenvalue weighted by Crippen LogP contribution is 2.27. The van der Waals surface area contributed by atoms with E-state index in [0.717, 1.165) is 0 Å². The van der Waals surface area contributed by atoms with Gasteiger partial charge in [-0.15, -0.1) is 5.92 Å². The maximum Gasteiger partial charge on any atom is 0.264 e. The molecule has 0 saturated heterocycles. The molecule has 0 saturated carbocycles. The number of anilines is 1. The van der Waals surface area contributed by atoms with Crippen LogP contribution in [0.1, 0.15) is 17.3 Å². The molecular formula is C13H12N4O. The number of pyridine rings is 1. The summed E-state index contributed by atoms with van der Waals surface area (Å²) in [6.07, 6.45) is 1.68. The first-order valence-electron chi connectivity index (χ1n) is 5.81. The molecule has 1 aromatic heterocycles. The molecule has 0 unspecified atom stereocenters. The van der Waals surface area contributed by atoms with Crippen molar-refractivity contribution in [2.45, 2.75) is 6.92 Å². The van der Waals surface area contributed by atoms with E-state index in [-0.39, 0.29) is 5.91 Å². The lowest BCUT2D eigenvalue weighted by Gasteiger charge is -2.33. The fraction of sp³-hybridized carbons (Fsp3) is 0.308. The Kier molecular flexibility index (Phi) is 2.49. The van der Waals surface area contributed by atoms with E-state index in [1.54, 1.807) is 30.2 Å². The number of guanidine groups is 1. The topological polar surface area (TPSA) is 48.8 Å². The van der Waals surface area contributed by atoms with Gasteiger partial charge in [0, 0.05) is 12.7 Å². The van der Waals surface area contributed by atoms with Crippen LogP contribution in [0, 0.1) is 11.8 Å². The number of aromatic nitrogens is 1. The van der Waals surface area contributed by atoms with Crippen LogP contribution >= 0.6 is 0 Å². The second-order valence-electron chi connectivity index (χ2n) is 4.03. The Morgan fingerprint density at radius 3 is 3.22 bits per heavy atom. The molecule has 5 nitrogen and oxygen atoms in total. The molecule has 0 aliphatic carbocycles. The molecule has 0 radical (unpaired) electrons. The monoisotopic (exact) mass is 240 g/mol. The van der Waals surface area contributed by atoms with Crippen LogP contribution in [0.2, 0.25) is 0 Å². The number of nitrogens with zero attached hydrogens (tertiary/aromatic N) is 4. The summed E-state index contributed by atoms with van der Waals surface area (Å²) in [6.45, 7) is 3.58. The minimum absolute atomic E-state index is 0.0185. The molecule has 3 heterocycles. The first-order valence-corrected chi connectivity index (χ1v) is 5.81. The molecule has 5 heteroatoms. The Labute approximate surface area is 105 Å². The standard InChI is InChI=1S/C13H12N4O/c1-2-3-8-16-11-10(5-4-6-14-11)12(18)17-9-7-15-13(16)17/h4-6H,7-9H2,1H3. The van der Waals surface area contributed by atoms with Gasteiger partial charge in [0.25, 0.3) is 5.91 Å². The average molecular weight is 240 g/mol. The Balaban J connectivity index is 2.12. The van der Waals surface area contributed by atoms with Crippen LogP contribution in [0.5, 0.6) is 0 Å². The van der Waals surface area contributed by atoms with Gasteiger partial charge in [0.2, 0.25) is 5.96 Å². The third kappa shape index (κ3) is 1.46. The number of carbonyl (C=O) groups is 1. The van der Waals surface area contributed by atoms with Crippen molar-refractivity contribution in [3.05, 3.63) is 23.9 Å². The highest BCUT2D eigenvalue weighted by Gasteiger charge is 2.37. The summed E-state index contributed by atoms with van der Waals surface area (Å²) in [7, 11) is 0. The summed E-state index contributed by atoms with van der Waals surface area (Å²) in [5, 5.41) is 0. The molecule has 3 rings (SSSR count). The molecule has 0 bridgehead atoms. The highest BCUT2D eigenvalue weighted by atomic mass is 16.2. The van der Waals surface area contributed by atoms with Crippen LogP contribution in [0.4, 0.5) is 5.82 Å². The maximum absolute atomic E-state index is 12.3. The second-order valence-corrected chi connectivity index (χ2v) is 4.03. The first kappa shape index (κ1) is 10.8. The van der Waals surface area contributed by atoms with Gasteiger partial charge >= 0.3 is 0 Å². The average Bonchev–Trinajstić information content (AvgIpc) is 2.88. The van der Waals surface area contributed by atoms with Crippen molar-refractivity contribution in [3.8, 4) is 11.8 Å². The normalized spacial score (nSPS) is 16.7. The van der Waals surface area contributed by atoms with Crippen molar-refractivity contribution in [1.29, 1.82) is 0 Å². The van der Waals surface area contributed by atoms with Crippen LogP contribution < -0.4 is 4.90 Å². The third-order valence-corrected chi connectivity index (χ3v) is 2.99. The van der Waals surface area contributed by atoms with Gasteiger partial charge in [-0.25, -0.2) is 4.98 Å². The first-order chi connectivity index (χ1) is 8.83. The largest absolute Gasteiger partial charge is 0.284 e. The number of rotatable bonds is 1. The summed E-state index contributed by atoms with van der Waals surface area (Å²) in [4.78, 5) is 24.5. The predicted molar refractivity (Wildman–Crippen MR) is 68.4 cm³/mol. The van der Waals surface area contributed by atoms with Gasteiger partial charge in [0.15, 0.2) is 0 Å². The third-order valence-electron chi connectivity index (χ3n) is 2.99. The number of hydrogen-bond donors (Lipinski definition) is 0. The summed E-state index contributed by atoms with van der Waals surface area (Å²) in [6, 6.07) is 3.57. The number of aliphatic imine (C=N–C) groups is 1. The summed E-state index contributed by atoms with van der Waals surface area (Å²) in [5.41, 5.74) is 0.622. The molecule has 0 aromatic carbocycles. The number of hydrogen-bond acceptors (Lipinski definition) is 4. The van der Waals surface area contributed by atoms with E-state index < -0.39 is 0 Å². The van der Waals surface area contributed by atoms with Gasteiger partial charge in [-0.05, 0) is 19.1 Å². The van der Waals surface area contributed by atoms with E-state index in [1.165, 1.54) is 0 Å². The van der Waals surface area contributed by atoms with Gasteiger partial charge < -0.3 is 0 Å². The van der Waals surface area contributed by atoms with Crippen molar-refractivity contribution in [3.63, 3.8) is 0 Å². The van der Waals surface area contributed by atoms with Gasteiger partial charge in [-0.1, -0.05) is 5.92 Å². The Bertz CT molecular complexity index is 596. The van der Waals surface area contributed by atoms with Crippen LogP contribution in [-0.2, 0) is 0 Å². The van der Waals surface area contributed by atoms with Crippen LogP contribution in [-0.4, -0.2) is 41.4 Å². The van der Waals surface area contributed by atoms with Gasteiger partial charge in [-0.3, -0.25) is 19.6 Å². The molecule has 1 amide bonds. The zero-order chi connectivity index (χ0) is 12.5. The molecule has 0 N–H and O–H groups in total. The number of carbonyl (C=O) groups excluding carboxylic acids is 1. The molecule has 0 fully saturated rings. The quantitative estimate of drug-likeness (QED) is 0.680. The Hall–Kier alpha value is -2.35. The zero-order valence-electron chi connectivity index (χ0n) is 10.1. The lowest BCUT2D eigenvalue weighted by molar-refractivity contribution is 0.0851. The van der Waals surface area contributed by atoms with E-state index in [1.807, 2.05) is 4.90 Å². The number of amides is 1. The minimum Gasteiger partial charge on any atom is -0.284 e. The van der Waals surface area contributed by atoms with E-state index in [9.17, 15) is 4.79 Å². The van der Waals surface area contributed by atoms with Crippen molar-refractivity contribution < 1.29 is 4.79 Å². The zero-order valence-corrected chi connectivity index (χ0v) is 10.1. The molecule has 18 heavy (non-hydrogen) atoms. The van der Waals surface area contributed by atoms with Gasteiger partial charge in [0.05, 0.1) is 18.7 Å². The fourth-order valence-corrected chi connectivity index (χ4v) is 2.18. The van der Waals surface area contributed by atoms with E-state index in [4.69, 9.17) is 0 Å². The molecule has 0 atom stereocenters. The molecule has 2 aliphatic heterocycles. The van der Waals surface area contributed by atoms with Gasteiger partial charge in [0.1, 0.15) is 5.82 Å². The molecule has 90 valence electrons. The van der Waals surface area contributed by atoms with Crippen molar-refractivity contribution in [1.82, 2.24) is 9.88 Å². The smallest absolute Gasteiger partial charge is 0.264 e. The summed E-state index contributed by atoms with van der Waals surface area (Å²) < 4.78 is 0. The molecule has 2 aliphatic rings. The van der Waals surface area contributed by atoms with E-state index >= 15 is 0 Å². The lowest BCUT2D eigenvalue weighted by Crippen LogP contribution is -2.50. The fourth-order valence-electron chi connectivity index (χ4n) is 2.18. The summed E-state index contributed by atoms with van der Waals surface area (Å²) >= 11 is 0. The highest BCUT2D eigenvalue weighted by molar-refractivity contribution is 6.18.